The molecule has 17 heavy (non-hydrogen) atoms. The molecule has 1 rings (SSSR count). The lowest BCUT2D eigenvalue weighted by atomic mass is 10.1. The number of carbonyl (C=O) groups excluding carboxylic acids is 2. The lowest BCUT2D eigenvalue weighted by molar-refractivity contribution is -0.116. The summed E-state index contributed by atoms with van der Waals surface area (Å²) < 4.78 is 0. The minimum atomic E-state index is -0.247. The molecule has 0 radical (unpaired) electrons. The smallest absolute Gasteiger partial charge is 0.253 e. The van der Waals surface area contributed by atoms with Gasteiger partial charge in [0, 0.05) is 20.1 Å². The molecular formula is C12H16N2O3. The fourth-order valence-corrected chi connectivity index (χ4v) is 1.38. The van der Waals surface area contributed by atoms with E-state index in [2.05, 4.69) is 10.6 Å². The maximum Gasteiger partial charge on any atom is 0.253 e. The van der Waals surface area contributed by atoms with E-state index in [4.69, 9.17) is 5.11 Å². The van der Waals surface area contributed by atoms with Crippen LogP contribution in [-0.4, -0.2) is 30.6 Å². The van der Waals surface area contributed by atoms with Gasteiger partial charge in [-0.15, -0.1) is 0 Å². The summed E-state index contributed by atoms with van der Waals surface area (Å²) in [5.41, 5.74) is 0.905. The van der Waals surface area contributed by atoms with Crippen LogP contribution in [0.5, 0.6) is 0 Å². The van der Waals surface area contributed by atoms with E-state index in [1.807, 2.05) is 0 Å². The maximum atomic E-state index is 11.5. The Morgan fingerprint density at radius 2 is 2.00 bits per heavy atom. The van der Waals surface area contributed by atoms with Gasteiger partial charge in [0.15, 0.2) is 0 Å². The van der Waals surface area contributed by atoms with Crippen LogP contribution in [0, 0.1) is 0 Å². The zero-order valence-electron chi connectivity index (χ0n) is 9.69. The van der Waals surface area contributed by atoms with Crippen LogP contribution in [0.3, 0.4) is 0 Å². The number of para-hydroxylation sites is 1. The van der Waals surface area contributed by atoms with E-state index in [1.54, 1.807) is 24.3 Å². The van der Waals surface area contributed by atoms with E-state index in [9.17, 15) is 9.59 Å². The summed E-state index contributed by atoms with van der Waals surface area (Å²) >= 11 is 0. The van der Waals surface area contributed by atoms with Crippen LogP contribution < -0.4 is 10.6 Å². The molecule has 0 saturated carbocycles. The summed E-state index contributed by atoms with van der Waals surface area (Å²) in [6, 6.07) is 6.78. The highest BCUT2D eigenvalue weighted by Gasteiger charge is 2.11. The average Bonchev–Trinajstić information content (AvgIpc) is 2.36. The first kappa shape index (κ1) is 13.2. The van der Waals surface area contributed by atoms with Crippen LogP contribution in [0.4, 0.5) is 5.69 Å². The number of rotatable bonds is 5. The molecule has 2 amide bonds. The third-order valence-electron chi connectivity index (χ3n) is 2.23. The third kappa shape index (κ3) is 3.88. The number of benzene rings is 1. The van der Waals surface area contributed by atoms with Gasteiger partial charge in [0.1, 0.15) is 0 Å². The van der Waals surface area contributed by atoms with Gasteiger partial charge in [-0.25, -0.2) is 0 Å². The first-order chi connectivity index (χ1) is 8.19. The van der Waals surface area contributed by atoms with Crippen LogP contribution in [0.1, 0.15) is 23.2 Å². The lowest BCUT2D eigenvalue weighted by Crippen LogP contribution is -2.21. The second-order valence-electron chi connectivity index (χ2n) is 3.50. The van der Waals surface area contributed by atoms with Crippen molar-refractivity contribution in [1.82, 2.24) is 5.32 Å². The Kier molecular flexibility index (Phi) is 5.16. The number of nitrogens with one attached hydrogen (secondary N) is 2. The molecule has 3 N–H and O–H groups in total. The zero-order chi connectivity index (χ0) is 12.7. The fourth-order valence-electron chi connectivity index (χ4n) is 1.38. The number of hydrogen-bond donors (Lipinski definition) is 3. The predicted octanol–water partition coefficient (Wildman–Crippen LogP) is 0.757. The highest BCUT2D eigenvalue weighted by atomic mass is 16.3. The minimum Gasteiger partial charge on any atom is -0.396 e. The first-order valence-electron chi connectivity index (χ1n) is 5.41. The number of aliphatic hydroxyl groups is 1. The first-order valence-corrected chi connectivity index (χ1v) is 5.41. The molecule has 0 saturated heterocycles. The van der Waals surface area contributed by atoms with E-state index in [0.717, 1.165) is 0 Å². The summed E-state index contributed by atoms with van der Waals surface area (Å²) in [4.78, 5) is 23.0. The van der Waals surface area contributed by atoms with Gasteiger partial charge in [0.25, 0.3) is 5.91 Å². The predicted molar refractivity (Wildman–Crippen MR) is 64.8 cm³/mol. The summed E-state index contributed by atoms with van der Waals surface area (Å²) in [5.74, 6) is -0.460. The molecule has 0 unspecified atom stereocenters. The summed E-state index contributed by atoms with van der Waals surface area (Å²) in [6.07, 6.45) is 0.645. The van der Waals surface area contributed by atoms with Crippen molar-refractivity contribution in [3.63, 3.8) is 0 Å². The molecule has 0 atom stereocenters. The van der Waals surface area contributed by atoms with E-state index in [0.29, 0.717) is 17.7 Å². The van der Waals surface area contributed by atoms with Crippen LogP contribution in [0.25, 0.3) is 0 Å². The second kappa shape index (κ2) is 6.65. The highest BCUT2D eigenvalue weighted by Crippen LogP contribution is 2.15. The van der Waals surface area contributed by atoms with Crippen LogP contribution in [-0.2, 0) is 4.79 Å². The third-order valence-corrected chi connectivity index (χ3v) is 2.23. The minimum absolute atomic E-state index is 0.0233. The Labute approximate surface area is 99.8 Å². The molecule has 5 nitrogen and oxygen atoms in total. The Hall–Kier alpha value is -1.88. The lowest BCUT2D eigenvalue weighted by Gasteiger charge is -2.09. The van der Waals surface area contributed by atoms with Crippen molar-refractivity contribution >= 4 is 17.5 Å². The Bertz CT molecular complexity index is 404. The maximum absolute atomic E-state index is 11.5. The van der Waals surface area contributed by atoms with E-state index < -0.39 is 0 Å². The normalized spacial score (nSPS) is 9.76. The molecule has 5 heteroatoms. The summed E-state index contributed by atoms with van der Waals surface area (Å²) in [5, 5.41) is 13.8. The molecule has 0 heterocycles. The fraction of sp³-hybridized carbons (Fsp3) is 0.333. The van der Waals surface area contributed by atoms with Gasteiger partial charge in [-0.1, -0.05) is 12.1 Å². The van der Waals surface area contributed by atoms with Crippen molar-refractivity contribution in [1.29, 1.82) is 0 Å². The van der Waals surface area contributed by atoms with Crippen molar-refractivity contribution in [2.45, 2.75) is 12.8 Å². The standard InChI is InChI=1S/C12H16N2O3/c1-13-12(17)9-5-2-3-6-10(9)14-11(16)7-4-8-15/h2-3,5-6,15H,4,7-8H2,1H3,(H,13,17)(H,14,16). The van der Waals surface area contributed by atoms with Crippen molar-refractivity contribution in [3.8, 4) is 0 Å². The van der Waals surface area contributed by atoms with E-state index in [1.165, 1.54) is 7.05 Å². The molecule has 0 fully saturated rings. The van der Waals surface area contributed by atoms with Gasteiger partial charge in [-0.05, 0) is 18.6 Å². The van der Waals surface area contributed by atoms with Gasteiger partial charge >= 0.3 is 0 Å². The van der Waals surface area contributed by atoms with Crippen molar-refractivity contribution in [3.05, 3.63) is 29.8 Å². The van der Waals surface area contributed by atoms with Gasteiger partial charge in [0.05, 0.1) is 11.3 Å². The van der Waals surface area contributed by atoms with Crippen LogP contribution in [0.15, 0.2) is 24.3 Å². The summed E-state index contributed by atoms with van der Waals surface area (Å²) in [7, 11) is 1.53. The topological polar surface area (TPSA) is 78.4 Å². The number of carbonyl (C=O) groups is 2. The molecule has 0 spiro atoms. The van der Waals surface area contributed by atoms with E-state index in [-0.39, 0.29) is 24.8 Å². The largest absolute Gasteiger partial charge is 0.396 e. The quantitative estimate of drug-likeness (QED) is 0.706. The summed E-state index contributed by atoms with van der Waals surface area (Å²) in [6.45, 7) is -0.0233. The molecule has 0 bridgehead atoms. The van der Waals surface area contributed by atoms with Crippen molar-refractivity contribution in [2.24, 2.45) is 0 Å². The zero-order valence-corrected chi connectivity index (χ0v) is 9.69. The Morgan fingerprint density at radius 3 is 2.65 bits per heavy atom. The Morgan fingerprint density at radius 1 is 1.29 bits per heavy atom. The van der Waals surface area contributed by atoms with Gasteiger partial charge in [-0.2, -0.15) is 0 Å². The molecular weight excluding hydrogens is 220 g/mol. The number of anilines is 1. The van der Waals surface area contributed by atoms with Crippen molar-refractivity contribution < 1.29 is 14.7 Å². The average molecular weight is 236 g/mol. The molecule has 0 aliphatic carbocycles. The monoisotopic (exact) mass is 236 g/mol. The highest BCUT2D eigenvalue weighted by molar-refractivity contribution is 6.03. The Balaban J connectivity index is 2.76. The molecule has 1 aromatic carbocycles. The number of amides is 2. The van der Waals surface area contributed by atoms with Gasteiger partial charge in [-0.3, -0.25) is 9.59 Å². The molecule has 0 aliphatic rings. The molecule has 0 aromatic heterocycles. The number of hydrogen-bond acceptors (Lipinski definition) is 3. The number of aliphatic hydroxyl groups excluding tert-OH is 1. The SMILES string of the molecule is CNC(=O)c1ccccc1NC(=O)CCCO. The van der Waals surface area contributed by atoms with Crippen LogP contribution in [0.2, 0.25) is 0 Å². The van der Waals surface area contributed by atoms with E-state index >= 15 is 0 Å². The molecule has 0 aliphatic heterocycles. The second-order valence-corrected chi connectivity index (χ2v) is 3.50. The molecule has 92 valence electrons. The van der Waals surface area contributed by atoms with Crippen molar-refractivity contribution in [2.75, 3.05) is 19.0 Å². The van der Waals surface area contributed by atoms with Gasteiger partial charge < -0.3 is 15.7 Å². The van der Waals surface area contributed by atoms with Gasteiger partial charge in [0.2, 0.25) is 5.91 Å². The molecule has 1 aromatic rings. The van der Waals surface area contributed by atoms with Crippen LogP contribution >= 0.6 is 0 Å².